The maximum absolute atomic E-state index is 9.47. The minimum absolute atomic E-state index is 0.198. The molecule has 0 saturated heterocycles. The smallest absolute Gasteiger partial charge is 0.268 e. The molecule has 0 aliphatic heterocycles. The van der Waals surface area contributed by atoms with Crippen LogP contribution in [0.3, 0.4) is 0 Å². The van der Waals surface area contributed by atoms with E-state index < -0.39 is 0 Å². The molecule has 8 heteroatoms. The van der Waals surface area contributed by atoms with Gasteiger partial charge in [0.25, 0.3) is 5.89 Å². The van der Waals surface area contributed by atoms with Crippen LogP contribution in [0.4, 0.5) is 5.82 Å². The molecule has 24 heavy (non-hydrogen) atoms. The van der Waals surface area contributed by atoms with Gasteiger partial charge in [-0.05, 0) is 31.2 Å². The zero-order valence-corrected chi connectivity index (χ0v) is 14.0. The Balaban J connectivity index is 1.44. The van der Waals surface area contributed by atoms with Crippen LogP contribution in [-0.2, 0) is 6.54 Å². The first kappa shape index (κ1) is 15.2. The molecule has 1 aliphatic rings. The van der Waals surface area contributed by atoms with Crippen molar-refractivity contribution >= 4 is 17.2 Å². The van der Waals surface area contributed by atoms with Crippen molar-refractivity contribution in [2.75, 3.05) is 5.32 Å². The highest BCUT2D eigenvalue weighted by atomic mass is 32.1. The fraction of sp³-hybridized carbons (Fsp3) is 0.375. The molecule has 0 unspecified atom stereocenters. The molecule has 0 spiro atoms. The number of thiophene rings is 1. The quantitative estimate of drug-likeness (QED) is 0.735. The Hall–Kier alpha value is -2.32. The minimum Gasteiger partial charge on any atom is -0.393 e. The number of aliphatic hydroxyl groups excluding tert-OH is 1. The van der Waals surface area contributed by atoms with Gasteiger partial charge >= 0.3 is 0 Å². The van der Waals surface area contributed by atoms with Crippen molar-refractivity contribution in [3.8, 4) is 10.8 Å². The first-order chi connectivity index (χ1) is 11.7. The average molecular weight is 343 g/mol. The van der Waals surface area contributed by atoms with Crippen molar-refractivity contribution in [3.63, 3.8) is 0 Å². The van der Waals surface area contributed by atoms with Crippen molar-refractivity contribution in [2.45, 2.75) is 38.3 Å². The normalized spacial score (nSPS) is 19.9. The molecule has 0 radical (unpaired) electrons. The molecular formula is C16H17N5O2S. The van der Waals surface area contributed by atoms with Crippen molar-refractivity contribution in [2.24, 2.45) is 0 Å². The van der Waals surface area contributed by atoms with Crippen molar-refractivity contribution < 1.29 is 9.63 Å². The van der Waals surface area contributed by atoms with E-state index in [0.717, 1.165) is 29.2 Å². The number of nitrogens with one attached hydrogen (secondary N) is 1. The Kier molecular flexibility index (Phi) is 3.99. The highest BCUT2D eigenvalue weighted by Gasteiger charge is 2.30. The number of aliphatic hydroxyl groups is 1. The largest absolute Gasteiger partial charge is 0.393 e. The molecule has 3 heterocycles. The third kappa shape index (κ3) is 3.15. The number of rotatable bonds is 5. The molecule has 124 valence electrons. The number of aromatic nitrogens is 4. The van der Waals surface area contributed by atoms with E-state index in [9.17, 15) is 5.11 Å². The summed E-state index contributed by atoms with van der Waals surface area (Å²) in [5, 5.41) is 18.6. The van der Waals surface area contributed by atoms with Crippen molar-refractivity contribution in [1.82, 2.24) is 20.1 Å². The second-order valence-corrected chi connectivity index (χ2v) is 6.84. The van der Waals surface area contributed by atoms with Crippen LogP contribution in [0.1, 0.15) is 36.1 Å². The van der Waals surface area contributed by atoms with E-state index in [1.807, 2.05) is 30.5 Å². The van der Waals surface area contributed by atoms with Gasteiger partial charge < -0.3 is 14.9 Å². The van der Waals surface area contributed by atoms with Crippen LogP contribution in [0.2, 0.25) is 0 Å². The zero-order valence-electron chi connectivity index (χ0n) is 13.1. The highest BCUT2D eigenvalue weighted by molar-refractivity contribution is 7.13. The maximum atomic E-state index is 9.47. The molecule has 7 nitrogen and oxygen atoms in total. The summed E-state index contributed by atoms with van der Waals surface area (Å²) in [5.74, 6) is 2.88. The molecule has 1 fully saturated rings. The van der Waals surface area contributed by atoms with Gasteiger partial charge in [-0.1, -0.05) is 11.2 Å². The predicted octanol–water partition coefficient (Wildman–Crippen LogP) is 2.75. The van der Waals surface area contributed by atoms with E-state index >= 15 is 0 Å². The van der Waals surface area contributed by atoms with Gasteiger partial charge in [0.05, 0.1) is 17.5 Å². The minimum atomic E-state index is -0.198. The second-order valence-electron chi connectivity index (χ2n) is 5.89. The lowest BCUT2D eigenvalue weighted by Gasteiger charge is -2.31. The van der Waals surface area contributed by atoms with E-state index in [4.69, 9.17) is 4.52 Å². The maximum Gasteiger partial charge on any atom is 0.268 e. The summed E-state index contributed by atoms with van der Waals surface area (Å²) in [7, 11) is 0. The summed E-state index contributed by atoms with van der Waals surface area (Å²) in [6, 6.07) is 5.83. The molecule has 3 aromatic heterocycles. The van der Waals surface area contributed by atoms with Gasteiger partial charge in [-0.25, -0.2) is 9.97 Å². The topological polar surface area (TPSA) is 97.0 Å². The molecule has 0 atom stereocenters. The molecule has 1 saturated carbocycles. The Morgan fingerprint density at radius 1 is 1.33 bits per heavy atom. The summed E-state index contributed by atoms with van der Waals surface area (Å²) in [6.07, 6.45) is 1.34. The summed E-state index contributed by atoms with van der Waals surface area (Å²) in [4.78, 5) is 14.2. The van der Waals surface area contributed by atoms with Crippen LogP contribution in [0.15, 0.2) is 28.1 Å². The fourth-order valence-corrected chi connectivity index (χ4v) is 3.36. The number of hydrogen-bond acceptors (Lipinski definition) is 8. The Labute approximate surface area is 142 Å². The second kappa shape index (κ2) is 6.29. The van der Waals surface area contributed by atoms with Crippen LogP contribution in [0, 0.1) is 6.92 Å². The van der Waals surface area contributed by atoms with Crippen LogP contribution in [-0.4, -0.2) is 31.3 Å². The zero-order chi connectivity index (χ0) is 16.5. The Morgan fingerprint density at radius 2 is 2.21 bits per heavy atom. The lowest BCUT2D eigenvalue weighted by molar-refractivity contribution is 0.0731. The van der Waals surface area contributed by atoms with Crippen molar-refractivity contribution in [3.05, 3.63) is 40.9 Å². The van der Waals surface area contributed by atoms with Gasteiger partial charge in [0, 0.05) is 17.7 Å². The SMILES string of the molecule is Cc1nc(NCc2noc(-c3cccs3)n2)cc(C2CC(O)C2)n1. The van der Waals surface area contributed by atoms with E-state index in [1.54, 1.807) is 11.3 Å². The van der Waals surface area contributed by atoms with Gasteiger partial charge in [0.15, 0.2) is 5.82 Å². The first-order valence-electron chi connectivity index (χ1n) is 7.81. The van der Waals surface area contributed by atoms with Gasteiger partial charge in [0.2, 0.25) is 0 Å². The van der Waals surface area contributed by atoms with E-state index in [0.29, 0.717) is 30.0 Å². The monoisotopic (exact) mass is 343 g/mol. The molecule has 0 bridgehead atoms. The van der Waals surface area contributed by atoms with Gasteiger partial charge in [-0.15, -0.1) is 11.3 Å². The summed E-state index contributed by atoms with van der Waals surface area (Å²) < 4.78 is 5.27. The summed E-state index contributed by atoms with van der Waals surface area (Å²) in [6.45, 7) is 2.30. The summed E-state index contributed by atoms with van der Waals surface area (Å²) in [5.41, 5.74) is 0.975. The van der Waals surface area contributed by atoms with Gasteiger partial charge in [-0.3, -0.25) is 0 Å². The molecule has 3 aromatic rings. The lowest BCUT2D eigenvalue weighted by Crippen LogP contribution is -2.27. The molecule has 0 amide bonds. The Morgan fingerprint density at radius 3 is 2.96 bits per heavy atom. The number of aryl methyl sites for hydroxylation is 1. The molecule has 4 rings (SSSR count). The van der Waals surface area contributed by atoms with Crippen molar-refractivity contribution in [1.29, 1.82) is 0 Å². The third-order valence-electron chi connectivity index (χ3n) is 4.02. The van der Waals surface area contributed by atoms with E-state index in [1.165, 1.54) is 0 Å². The molecule has 1 aliphatic carbocycles. The molecule has 2 N–H and O–H groups in total. The first-order valence-corrected chi connectivity index (χ1v) is 8.69. The predicted molar refractivity (Wildman–Crippen MR) is 89.7 cm³/mol. The van der Waals surface area contributed by atoms with Crippen LogP contribution < -0.4 is 5.32 Å². The lowest BCUT2D eigenvalue weighted by atomic mass is 9.80. The summed E-state index contributed by atoms with van der Waals surface area (Å²) >= 11 is 1.56. The average Bonchev–Trinajstić information content (AvgIpc) is 3.20. The van der Waals surface area contributed by atoms with Gasteiger partial charge in [0.1, 0.15) is 11.6 Å². The standard InChI is InChI=1S/C16H17N5O2S/c1-9-18-12(10-5-11(22)6-10)7-14(19-9)17-8-15-20-16(23-21-15)13-3-2-4-24-13/h2-4,7,10-11,22H,5-6,8H2,1H3,(H,17,18,19). The van der Waals surface area contributed by atoms with Crippen LogP contribution in [0.5, 0.6) is 0 Å². The molecule has 0 aromatic carbocycles. The van der Waals surface area contributed by atoms with E-state index in [2.05, 4.69) is 25.4 Å². The van der Waals surface area contributed by atoms with Crippen LogP contribution in [0.25, 0.3) is 10.8 Å². The number of anilines is 1. The number of hydrogen-bond donors (Lipinski definition) is 2. The number of nitrogens with zero attached hydrogens (tertiary/aromatic N) is 4. The third-order valence-corrected chi connectivity index (χ3v) is 4.87. The molecular weight excluding hydrogens is 326 g/mol. The Bertz CT molecular complexity index is 827. The fourth-order valence-electron chi connectivity index (χ4n) is 2.72. The van der Waals surface area contributed by atoms with Crippen LogP contribution >= 0.6 is 11.3 Å². The van der Waals surface area contributed by atoms with Gasteiger partial charge in [-0.2, -0.15) is 4.98 Å². The van der Waals surface area contributed by atoms with E-state index in [-0.39, 0.29) is 6.10 Å². The highest BCUT2D eigenvalue weighted by Crippen LogP contribution is 2.36.